The summed E-state index contributed by atoms with van der Waals surface area (Å²) in [5, 5.41) is 3.42. The van der Waals surface area contributed by atoms with Crippen LogP contribution >= 0.6 is 12.4 Å². The van der Waals surface area contributed by atoms with Crippen LogP contribution in [0.15, 0.2) is 0 Å². The molecule has 1 saturated heterocycles. The van der Waals surface area contributed by atoms with Crippen molar-refractivity contribution in [3.63, 3.8) is 0 Å². The van der Waals surface area contributed by atoms with Crippen molar-refractivity contribution >= 4 is 29.4 Å². The number of ether oxygens (including phenoxy) is 1. The first-order valence-corrected chi connectivity index (χ1v) is 8.12. The standard InChI is InChI=1S/C15H24N6O.ClH/c1-2-3-7-22-15-20-13(16)12-14(21-15)19-11(18-12)8-10-5-4-6-17-9-10;/h10,17H,2-9H2,1H3,(H3,16,18,19,20,21);1H/t10-;/m0./s1. The van der Waals surface area contributed by atoms with E-state index >= 15 is 0 Å². The van der Waals surface area contributed by atoms with E-state index < -0.39 is 0 Å². The second kappa shape index (κ2) is 8.31. The Labute approximate surface area is 142 Å². The van der Waals surface area contributed by atoms with Crippen LogP contribution in [0.25, 0.3) is 11.2 Å². The number of rotatable bonds is 6. The average molecular weight is 341 g/mol. The van der Waals surface area contributed by atoms with Gasteiger partial charge in [0.1, 0.15) is 5.82 Å². The molecule has 0 bridgehead atoms. The normalized spacial score (nSPS) is 17.9. The minimum absolute atomic E-state index is 0. The predicted octanol–water partition coefficient (Wildman–Crippen LogP) is 2.08. The lowest BCUT2D eigenvalue weighted by Gasteiger charge is -2.21. The number of H-pyrrole nitrogens is 1. The number of aromatic nitrogens is 4. The number of anilines is 1. The van der Waals surface area contributed by atoms with E-state index in [0.717, 1.165) is 38.2 Å². The fourth-order valence-electron chi connectivity index (χ4n) is 2.79. The number of nitrogens with one attached hydrogen (secondary N) is 2. The zero-order valence-corrected chi connectivity index (χ0v) is 14.3. The number of imidazole rings is 1. The molecule has 2 aromatic heterocycles. The van der Waals surface area contributed by atoms with Gasteiger partial charge in [-0.15, -0.1) is 12.4 Å². The molecule has 0 aromatic carbocycles. The molecule has 128 valence electrons. The number of nitrogens with two attached hydrogens (primary N) is 1. The highest BCUT2D eigenvalue weighted by atomic mass is 35.5. The molecule has 0 radical (unpaired) electrons. The van der Waals surface area contributed by atoms with Crippen molar-refractivity contribution in [2.75, 3.05) is 25.4 Å². The molecule has 1 atom stereocenters. The summed E-state index contributed by atoms with van der Waals surface area (Å²) in [6, 6.07) is 0.327. The third-order valence-electron chi connectivity index (χ3n) is 4.01. The second-order valence-electron chi connectivity index (χ2n) is 5.89. The molecule has 0 amide bonds. The van der Waals surface area contributed by atoms with E-state index in [9.17, 15) is 0 Å². The fraction of sp³-hybridized carbons (Fsp3) is 0.667. The van der Waals surface area contributed by atoms with E-state index in [1.54, 1.807) is 0 Å². The van der Waals surface area contributed by atoms with E-state index in [4.69, 9.17) is 10.5 Å². The molecule has 23 heavy (non-hydrogen) atoms. The van der Waals surface area contributed by atoms with E-state index in [0.29, 0.717) is 35.5 Å². The van der Waals surface area contributed by atoms with Crippen molar-refractivity contribution in [2.45, 2.75) is 39.0 Å². The third kappa shape index (κ3) is 4.45. The Morgan fingerprint density at radius 3 is 2.91 bits per heavy atom. The maximum absolute atomic E-state index is 5.98. The van der Waals surface area contributed by atoms with Crippen LogP contribution in [-0.2, 0) is 6.42 Å². The van der Waals surface area contributed by atoms with Gasteiger partial charge in [-0.1, -0.05) is 13.3 Å². The molecule has 0 aliphatic carbocycles. The van der Waals surface area contributed by atoms with Crippen molar-refractivity contribution < 1.29 is 4.74 Å². The Hall–Kier alpha value is -1.60. The van der Waals surface area contributed by atoms with Crippen LogP contribution in [0.2, 0.25) is 0 Å². The number of piperidine rings is 1. The van der Waals surface area contributed by atoms with Crippen LogP contribution in [0.3, 0.4) is 0 Å². The Morgan fingerprint density at radius 2 is 2.17 bits per heavy atom. The lowest BCUT2D eigenvalue weighted by Crippen LogP contribution is -2.31. The number of hydrogen-bond acceptors (Lipinski definition) is 6. The Balaban J connectivity index is 0.00000192. The van der Waals surface area contributed by atoms with Crippen LogP contribution < -0.4 is 15.8 Å². The van der Waals surface area contributed by atoms with Crippen molar-refractivity contribution in [2.24, 2.45) is 5.92 Å². The van der Waals surface area contributed by atoms with Gasteiger partial charge in [-0.25, -0.2) is 4.98 Å². The summed E-state index contributed by atoms with van der Waals surface area (Å²) in [6.45, 7) is 4.89. The molecule has 2 aromatic rings. The molecule has 1 aliphatic heterocycles. The molecule has 4 N–H and O–H groups in total. The molecule has 3 rings (SSSR count). The highest BCUT2D eigenvalue weighted by Crippen LogP contribution is 2.21. The van der Waals surface area contributed by atoms with Crippen molar-refractivity contribution in [3.8, 4) is 6.01 Å². The summed E-state index contributed by atoms with van der Waals surface area (Å²) >= 11 is 0. The minimum atomic E-state index is 0. The molecular weight excluding hydrogens is 316 g/mol. The maximum Gasteiger partial charge on any atom is 0.320 e. The highest BCUT2D eigenvalue weighted by molar-refractivity contribution is 5.85. The first kappa shape index (κ1) is 17.7. The molecule has 3 heterocycles. The van der Waals surface area contributed by atoms with Gasteiger partial charge in [-0.3, -0.25) is 0 Å². The summed E-state index contributed by atoms with van der Waals surface area (Å²) in [4.78, 5) is 16.4. The third-order valence-corrected chi connectivity index (χ3v) is 4.01. The van der Waals surface area contributed by atoms with Crippen LogP contribution in [0, 0.1) is 5.92 Å². The topological polar surface area (TPSA) is 102 Å². The second-order valence-corrected chi connectivity index (χ2v) is 5.89. The first-order valence-electron chi connectivity index (χ1n) is 8.12. The number of aromatic amines is 1. The molecule has 7 nitrogen and oxygen atoms in total. The Bertz CT molecular complexity index is 626. The average Bonchev–Trinajstić information content (AvgIpc) is 2.92. The number of unbranched alkanes of at least 4 members (excludes halogenated alkanes) is 1. The van der Waals surface area contributed by atoms with Crippen LogP contribution in [-0.4, -0.2) is 39.6 Å². The number of fused-ring (bicyclic) bond motifs is 1. The van der Waals surface area contributed by atoms with Crippen molar-refractivity contribution in [3.05, 3.63) is 5.82 Å². The van der Waals surface area contributed by atoms with Gasteiger partial charge < -0.3 is 20.8 Å². The summed E-state index contributed by atoms with van der Waals surface area (Å²) in [5.41, 5.74) is 7.29. The summed E-state index contributed by atoms with van der Waals surface area (Å²) in [6.07, 6.45) is 5.42. The quantitative estimate of drug-likeness (QED) is 0.696. The number of nitrogen functional groups attached to an aromatic ring is 1. The van der Waals surface area contributed by atoms with Gasteiger partial charge in [0.15, 0.2) is 17.0 Å². The van der Waals surface area contributed by atoms with Crippen LogP contribution in [0.1, 0.15) is 38.4 Å². The van der Waals surface area contributed by atoms with E-state index in [-0.39, 0.29) is 12.4 Å². The minimum Gasteiger partial charge on any atom is -0.463 e. The SMILES string of the molecule is CCCCOc1nc(N)c2nc(C[C@@H]3CCCNC3)[nH]c2n1.Cl. The van der Waals surface area contributed by atoms with Crippen LogP contribution in [0.4, 0.5) is 5.82 Å². The van der Waals surface area contributed by atoms with Gasteiger partial charge in [0, 0.05) is 6.42 Å². The van der Waals surface area contributed by atoms with Crippen molar-refractivity contribution in [1.29, 1.82) is 0 Å². The van der Waals surface area contributed by atoms with Crippen LogP contribution in [0.5, 0.6) is 6.01 Å². The van der Waals surface area contributed by atoms with Gasteiger partial charge in [0.2, 0.25) is 0 Å². The van der Waals surface area contributed by atoms with Gasteiger partial charge in [0.25, 0.3) is 0 Å². The molecular formula is C15H25ClN6O. The lowest BCUT2D eigenvalue weighted by atomic mass is 9.96. The van der Waals surface area contributed by atoms with Gasteiger partial charge >= 0.3 is 6.01 Å². The molecule has 0 saturated carbocycles. The maximum atomic E-state index is 5.98. The monoisotopic (exact) mass is 340 g/mol. The molecule has 8 heteroatoms. The van der Waals surface area contributed by atoms with Crippen molar-refractivity contribution in [1.82, 2.24) is 25.3 Å². The molecule has 0 unspecified atom stereocenters. The summed E-state index contributed by atoms with van der Waals surface area (Å²) in [5.74, 6) is 1.92. The van der Waals surface area contributed by atoms with Gasteiger partial charge in [-0.2, -0.15) is 9.97 Å². The molecule has 1 aliphatic rings. The zero-order valence-electron chi connectivity index (χ0n) is 13.5. The zero-order chi connectivity index (χ0) is 15.4. The van der Waals surface area contributed by atoms with E-state index in [1.807, 2.05) is 0 Å². The molecule has 1 fully saturated rings. The predicted molar refractivity (Wildman–Crippen MR) is 93.0 cm³/mol. The van der Waals surface area contributed by atoms with E-state index in [2.05, 4.69) is 32.2 Å². The highest BCUT2D eigenvalue weighted by Gasteiger charge is 2.17. The number of nitrogens with zero attached hydrogens (tertiary/aromatic N) is 3. The Morgan fingerprint density at radius 1 is 1.30 bits per heavy atom. The molecule has 0 spiro atoms. The Kier molecular flexibility index (Phi) is 6.41. The number of hydrogen-bond donors (Lipinski definition) is 3. The number of halogens is 1. The van der Waals surface area contributed by atoms with E-state index in [1.165, 1.54) is 12.8 Å². The smallest absolute Gasteiger partial charge is 0.320 e. The lowest BCUT2D eigenvalue weighted by molar-refractivity contribution is 0.287. The van der Waals surface area contributed by atoms with Gasteiger partial charge in [0.05, 0.1) is 6.61 Å². The van der Waals surface area contributed by atoms with Gasteiger partial charge in [-0.05, 0) is 38.3 Å². The largest absolute Gasteiger partial charge is 0.463 e. The summed E-state index contributed by atoms with van der Waals surface area (Å²) in [7, 11) is 0. The first-order chi connectivity index (χ1) is 10.8. The summed E-state index contributed by atoms with van der Waals surface area (Å²) < 4.78 is 5.53. The fourth-order valence-corrected chi connectivity index (χ4v) is 2.79.